The molecular formula is C10H14N2O5. The molecule has 1 rings (SSSR count). The smallest absolute Gasteiger partial charge is 0.318 e. The van der Waals surface area contributed by atoms with Crippen LogP contribution in [0.15, 0.2) is 12.1 Å². The van der Waals surface area contributed by atoms with E-state index in [1.54, 1.807) is 6.92 Å². The van der Waals surface area contributed by atoms with E-state index in [1.807, 2.05) is 13.8 Å². The molecule has 0 aliphatic rings. The third kappa shape index (κ3) is 3.40. The number of hydrogen-bond donors (Lipinski definition) is 1. The molecule has 1 aromatic carbocycles. The lowest BCUT2D eigenvalue weighted by Crippen LogP contribution is -1.96. The van der Waals surface area contributed by atoms with E-state index in [0.717, 1.165) is 12.1 Å². The summed E-state index contributed by atoms with van der Waals surface area (Å²) < 4.78 is 0. The normalized spacial score (nSPS) is 9.12. The summed E-state index contributed by atoms with van der Waals surface area (Å²) >= 11 is 0. The van der Waals surface area contributed by atoms with Crippen LogP contribution in [0, 0.1) is 20.2 Å². The number of hydrogen-bond acceptors (Lipinski definition) is 5. The lowest BCUT2D eigenvalue weighted by molar-refractivity contribution is -0.396. The summed E-state index contributed by atoms with van der Waals surface area (Å²) in [4.78, 5) is 19.3. The van der Waals surface area contributed by atoms with Crippen molar-refractivity contribution in [1.82, 2.24) is 0 Å². The van der Waals surface area contributed by atoms with E-state index in [2.05, 4.69) is 0 Å². The van der Waals surface area contributed by atoms with Crippen LogP contribution in [0.25, 0.3) is 0 Å². The van der Waals surface area contributed by atoms with Crippen LogP contribution in [-0.2, 0) is 6.42 Å². The first-order valence-electron chi connectivity index (χ1n) is 5.12. The Morgan fingerprint density at radius 3 is 1.71 bits per heavy atom. The summed E-state index contributed by atoms with van der Waals surface area (Å²) in [7, 11) is 0. The number of nitro benzene ring substituents is 2. The number of phenols is 1. The molecule has 7 nitrogen and oxygen atoms in total. The standard InChI is InChI=1S/C8H8N2O5.C2H6/c1-2-5-3-6(9(12)13)8(11)7(4-5)10(14)15;1-2/h3-4,11H,2H2,1H3;1-2H3. The maximum atomic E-state index is 10.5. The Bertz CT molecular complexity index is 396. The Morgan fingerprint density at radius 2 is 1.47 bits per heavy atom. The number of nitro groups is 2. The third-order valence-electron chi connectivity index (χ3n) is 1.93. The first-order valence-corrected chi connectivity index (χ1v) is 5.12. The molecule has 0 heterocycles. The highest BCUT2D eigenvalue weighted by Gasteiger charge is 2.25. The van der Waals surface area contributed by atoms with Crippen LogP contribution < -0.4 is 0 Å². The van der Waals surface area contributed by atoms with Crippen molar-refractivity contribution >= 4 is 11.4 Å². The Kier molecular flexibility index (Phi) is 5.59. The summed E-state index contributed by atoms with van der Waals surface area (Å²) in [6.45, 7) is 5.71. The molecule has 17 heavy (non-hydrogen) atoms. The molecule has 1 aromatic rings. The van der Waals surface area contributed by atoms with Crippen LogP contribution in [0.1, 0.15) is 26.3 Å². The van der Waals surface area contributed by atoms with Gasteiger partial charge in [-0.25, -0.2) is 0 Å². The molecular weight excluding hydrogens is 228 g/mol. The molecule has 0 saturated heterocycles. The largest absolute Gasteiger partial charge is 0.497 e. The maximum absolute atomic E-state index is 10.5. The van der Waals surface area contributed by atoms with E-state index in [9.17, 15) is 25.3 Å². The second-order valence-electron chi connectivity index (χ2n) is 2.85. The average Bonchev–Trinajstić information content (AvgIpc) is 2.31. The van der Waals surface area contributed by atoms with E-state index in [4.69, 9.17) is 0 Å². The van der Waals surface area contributed by atoms with Gasteiger partial charge in [-0.2, -0.15) is 0 Å². The second kappa shape index (κ2) is 6.41. The molecule has 0 bridgehead atoms. The molecule has 0 radical (unpaired) electrons. The number of benzene rings is 1. The van der Waals surface area contributed by atoms with E-state index in [-0.39, 0.29) is 0 Å². The van der Waals surface area contributed by atoms with Crippen molar-refractivity contribution in [3.63, 3.8) is 0 Å². The van der Waals surface area contributed by atoms with Crippen molar-refractivity contribution in [3.8, 4) is 5.75 Å². The Morgan fingerprint density at radius 1 is 1.12 bits per heavy atom. The fourth-order valence-electron chi connectivity index (χ4n) is 1.14. The number of aryl methyl sites for hydroxylation is 1. The summed E-state index contributed by atoms with van der Waals surface area (Å²) in [5.41, 5.74) is -0.840. The van der Waals surface area contributed by atoms with Gasteiger partial charge in [0.2, 0.25) is 0 Å². The van der Waals surface area contributed by atoms with Crippen LogP contribution in [0.3, 0.4) is 0 Å². The molecule has 0 unspecified atom stereocenters. The second-order valence-corrected chi connectivity index (χ2v) is 2.85. The molecule has 0 aromatic heterocycles. The summed E-state index contributed by atoms with van der Waals surface area (Å²) in [5, 5.41) is 30.2. The predicted molar refractivity (Wildman–Crippen MR) is 62.1 cm³/mol. The van der Waals surface area contributed by atoms with Gasteiger partial charge < -0.3 is 5.11 Å². The van der Waals surface area contributed by atoms with E-state index < -0.39 is 27.0 Å². The number of rotatable bonds is 3. The molecule has 0 atom stereocenters. The zero-order valence-corrected chi connectivity index (χ0v) is 9.84. The fourth-order valence-corrected chi connectivity index (χ4v) is 1.14. The van der Waals surface area contributed by atoms with Crippen molar-refractivity contribution in [3.05, 3.63) is 37.9 Å². The minimum Gasteiger partial charge on any atom is -0.497 e. The average molecular weight is 242 g/mol. The van der Waals surface area contributed by atoms with Gasteiger partial charge in [-0.05, 0) is 12.0 Å². The highest BCUT2D eigenvalue weighted by molar-refractivity contribution is 5.60. The highest BCUT2D eigenvalue weighted by Crippen LogP contribution is 2.36. The van der Waals surface area contributed by atoms with Crippen LogP contribution in [0.4, 0.5) is 11.4 Å². The molecule has 0 aliphatic carbocycles. The van der Waals surface area contributed by atoms with Gasteiger partial charge >= 0.3 is 11.4 Å². The molecule has 0 aliphatic heterocycles. The Labute approximate surface area is 98.0 Å². The Hall–Kier alpha value is -2.18. The van der Waals surface area contributed by atoms with Gasteiger partial charge in [-0.3, -0.25) is 20.2 Å². The first-order chi connectivity index (χ1) is 7.97. The van der Waals surface area contributed by atoms with Gasteiger partial charge in [0.15, 0.2) is 0 Å². The maximum Gasteiger partial charge on any atom is 0.318 e. The molecule has 0 amide bonds. The molecule has 94 valence electrons. The van der Waals surface area contributed by atoms with Gasteiger partial charge in [-0.15, -0.1) is 0 Å². The van der Waals surface area contributed by atoms with Crippen molar-refractivity contribution < 1.29 is 15.0 Å². The summed E-state index contributed by atoms with van der Waals surface area (Å²) in [6, 6.07) is 2.25. The molecule has 1 N–H and O–H groups in total. The van der Waals surface area contributed by atoms with Crippen molar-refractivity contribution in [2.24, 2.45) is 0 Å². The first kappa shape index (κ1) is 14.8. The van der Waals surface area contributed by atoms with E-state index in [1.165, 1.54) is 0 Å². The topological polar surface area (TPSA) is 107 Å². The van der Waals surface area contributed by atoms with Crippen molar-refractivity contribution in [2.45, 2.75) is 27.2 Å². The van der Waals surface area contributed by atoms with Gasteiger partial charge in [0, 0.05) is 12.1 Å². The zero-order chi connectivity index (χ0) is 13.6. The highest BCUT2D eigenvalue weighted by atomic mass is 16.6. The minimum atomic E-state index is -0.901. The zero-order valence-electron chi connectivity index (χ0n) is 9.84. The number of nitrogens with zero attached hydrogens (tertiary/aromatic N) is 2. The fraction of sp³-hybridized carbons (Fsp3) is 0.400. The lowest BCUT2D eigenvalue weighted by Gasteiger charge is -2.00. The van der Waals surface area contributed by atoms with Crippen LogP contribution in [0.5, 0.6) is 5.75 Å². The summed E-state index contributed by atoms with van der Waals surface area (Å²) in [6.07, 6.45) is 0.419. The van der Waals surface area contributed by atoms with Crippen LogP contribution in [0.2, 0.25) is 0 Å². The van der Waals surface area contributed by atoms with Gasteiger partial charge in [0.1, 0.15) is 0 Å². The van der Waals surface area contributed by atoms with Gasteiger partial charge in [0.25, 0.3) is 5.75 Å². The number of aromatic hydroxyl groups is 1. The molecule has 7 heteroatoms. The number of phenolic OH excluding ortho intramolecular Hbond substituents is 1. The van der Waals surface area contributed by atoms with Gasteiger partial charge in [-0.1, -0.05) is 20.8 Å². The quantitative estimate of drug-likeness (QED) is 0.647. The van der Waals surface area contributed by atoms with E-state index >= 15 is 0 Å². The summed E-state index contributed by atoms with van der Waals surface area (Å²) in [5.74, 6) is -0.901. The monoisotopic (exact) mass is 242 g/mol. The molecule has 0 spiro atoms. The lowest BCUT2D eigenvalue weighted by atomic mass is 10.1. The van der Waals surface area contributed by atoms with Crippen LogP contribution >= 0.6 is 0 Å². The van der Waals surface area contributed by atoms with Gasteiger partial charge in [0.05, 0.1) is 9.85 Å². The Balaban J connectivity index is 0.00000121. The molecule has 0 fully saturated rings. The van der Waals surface area contributed by atoms with E-state index in [0.29, 0.717) is 12.0 Å². The SMILES string of the molecule is CC.CCc1cc([N+](=O)[O-])c(O)c([N+](=O)[O-])c1. The minimum absolute atomic E-state index is 0.419. The van der Waals surface area contributed by atoms with Crippen LogP contribution in [-0.4, -0.2) is 15.0 Å². The third-order valence-corrected chi connectivity index (χ3v) is 1.93. The van der Waals surface area contributed by atoms with Crippen molar-refractivity contribution in [2.75, 3.05) is 0 Å². The molecule has 0 saturated carbocycles. The predicted octanol–water partition coefficient (Wildman–Crippen LogP) is 2.80. The van der Waals surface area contributed by atoms with Crippen molar-refractivity contribution in [1.29, 1.82) is 0 Å².